The zero-order valence-electron chi connectivity index (χ0n) is 33.1. The maximum absolute atomic E-state index is 11.7. The first-order valence-corrected chi connectivity index (χ1v) is 17.9. The van der Waals surface area contributed by atoms with Crippen LogP contribution in [-0.2, 0) is 28.6 Å². The van der Waals surface area contributed by atoms with E-state index in [9.17, 15) is 14.4 Å². The van der Waals surface area contributed by atoms with Crippen LogP contribution in [0, 0.1) is 0 Å². The molecule has 0 spiro atoms. The molecule has 57 heavy (non-hydrogen) atoms. The second-order valence-electron chi connectivity index (χ2n) is 12.7. The van der Waals surface area contributed by atoms with Crippen molar-refractivity contribution in [1.29, 1.82) is 0 Å². The third kappa shape index (κ3) is 12.8. The molecule has 1 aromatic heterocycles. The highest BCUT2D eigenvalue weighted by molar-refractivity contribution is 5.87. The van der Waals surface area contributed by atoms with Crippen molar-refractivity contribution >= 4 is 52.8 Å². The molecule has 0 saturated carbocycles. The summed E-state index contributed by atoms with van der Waals surface area (Å²) in [5.74, 6) is 1.16. The van der Waals surface area contributed by atoms with Gasteiger partial charge in [0.05, 0.1) is 0 Å². The SMILES string of the molecule is C=C(C)C(=O)OCCOc1cccc(N(C)c2nc(N(C)c3cccc(OCCOC(=O)C(=C)C)c3)nc(N(C)c3cccc(OCCOC(=O)C(=C)C)c3)n2)c1. The van der Waals surface area contributed by atoms with E-state index in [4.69, 9.17) is 43.4 Å². The molecular formula is C42H48N6O9. The fourth-order valence-electron chi connectivity index (χ4n) is 4.74. The summed E-state index contributed by atoms with van der Waals surface area (Å²) in [6.07, 6.45) is 0. The van der Waals surface area contributed by atoms with Crippen molar-refractivity contribution in [3.8, 4) is 17.2 Å². The third-order valence-electron chi connectivity index (χ3n) is 7.92. The minimum Gasteiger partial charge on any atom is -0.490 e. The number of anilines is 6. The number of carbonyl (C=O) groups is 3. The molecule has 4 rings (SSSR count). The largest absolute Gasteiger partial charge is 0.490 e. The van der Waals surface area contributed by atoms with Gasteiger partial charge in [-0.2, -0.15) is 15.0 Å². The van der Waals surface area contributed by atoms with E-state index in [0.717, 1.165) is 0 Å². The Kier molecular flexibility index (Phi) is 15.5. The molecule has 0 saturated heterocycles. The molecule has 15 heteroatoms. The minimum atomic E-state index is -0.481. The molecule has 0 amide bonds. The summed E-state index contributed by atoms with van der Waals surface area (Å²) in [5.41, 5.74) is 3.07. The topological polar surface area (TPSA) is 155 Å². The molecule has 0 N–H and O–H groups in total. The zero-order valence-corrected chi connectivity index (χ0v) is 33.1. The Morgan fingerprint density at radius 3 is 0.982 bits per heavy atom. The predicted octanol–water partition coefficient (Wildman–Crippen LogP) is 6.67. The van der Waals surface area contributed by atoms with Gasteiger partial charge in [-0.05, 0) is 57.2 Å². The molecule has 0 aliphatic heterocycles. The van der Waals surface area contributed by atoms with Gasteiger partial charge in [-0.25, -0.2) is 14.4 Å². The van der Waals surface area contributed by atoms with Crippen molar-refractivity contribution in [1.82, 2.24) is 15.0 Å². The Bertz CT molecular complexity index is 1840. The second kappa shape index (κ2) is 20.7. The lowest BCUT2D eigenvalue weighted by molar-refractivity contribution is -0.140. The molecule has 0 unspecified atom stereocenters. The highest BCUT2D eigenvalue weighted by Gasteiger charge is 2.20. The number of nitrogens with zero attached hydrogens (tertiary/aromatic N) is 6. The third-order valence-corrected chi connectivity index (χ3v) is 7.92. The molecule has 0 atom stereocenters. The van der Waals surface area contributed by atoms with Gasteiger partial charge in [0.15, 0.2) is 0 Å². The summed E-state index contributed by atoms with van der Waals surface area (Å²) in [5, 5.41) is 0. The van der Waals surface area contributed by atoms with Gasteiger partial charge >= 0.3 is 17.9 Å². The lowest BCUT2D eigenvalue weighted by Gasteiger charge is -2.25. The van der Waals surface area contributed by atoms with E-state index in [2.05, 4.69) is 19.7 Å². The molecule has 4 aromatic rings. The quantitative estimate of drug-likeness (QED) is 0.0382. The van der Waals surface area contributed by atoms with E-state index in [1.807, 2.05) is 75.7 Å². The van der Waals surface area contributed by atoms with Crippen molar-refractivity contribution in [2.45, 2.75) is 20.8 Å². The van der Waals surface area contributed by atoms with E-state index in [-0.39, 0.29) is 39.6 Å². The van der Waals surface area contributed by atoms with Gasteiger partial charge in [-0.1, -0.05) is 37.9 Å². The summed E-state index contributed by atoms with van der Waals surface area (Å²) in [6.45, 7) is 16.1. The molecule has 1 heterocycles. The Morgan fingerprint density at radius 2 is 0.737 bits per heavy atom. The van der Waals surface area contributed by atoms with Gasteiger partial charge in [0.25, 0.3) is 0 Å². The molecule has 15 nitrogen and oxygen atoms in total. The van der Waals surface area contributed by atoms with E-state index in [1.165, 1.54) is 0 Å². The summed E-state index contributed by atoms with van der Waals surface area (Å²) in [6, 6.07) is 22.0. The highest BCUT2D eigenvalue weighted by Crippen LogP contribution is 2.32. The van der Waals surface area contributed by atoms with Crippen molar-refractivity contribution < 1.29 is 42.8 Å². The summed E-state index contributed by atoms with van der Waals surface area (Å²) < 4.78 is 33.0. The lowest BCUT2D eigenvalue weighted by atomic mass is 10.3. The average molecular weight is 781 g/mol. The van der Waals surface area contributed by atoms with Crippen molar-refractivity contribution in [3.63, 3.8) is 0 Å². The molecule has 0 fully saturated rings. The summed E-state index contributed by atoms with van der Waals surface area (Å²) in [7, 11) is 5.46. The van der Waals surface area contributed by atoms with Gasteiger partial charge < -0.3 is 43.1 Å². The van der Waals surface area contributed by atoms with Crippen LogP contribution in [-0.4, -0.2) is 93.6 Å². The molecule has 0 aliphatic carbocycles. The van der Waals surface area contributed by atoms with Crippen LogP contribution >= 0.6 is 0 Å². The van der Waals surface area contributed by atoms with E-state index in [0.29, 0.717) is 68.9 Å². The minimum absolute atomic E-state index is 0.0635. The fourth-order valence-corrected chi connectivity index (χ4v) is 4.74. The first-order valence-electron chi connectivity index (χ1n) is 17.9. The zero-order chi connectivity index (χ0) is 41.5. The van der Waals surface area contributed by atoms with Crippen molar-refractivity contribution in [3.05, 3.63) is 109 Å². The molecule has 0 bridgehead atoms. The van der Waals surface area contributed by atoms with Crippen LogP contribution in [0.2, 0.25) is 0 Å². The molecule has 0 radical (unpaired) electrons. The first-order chi connectivity index (χ1) is 27.2. The molecular weight excluding hydrogens is 732 g/mol. The number of aromatic nitrogens is 3. The van der Waals surface area contributed by atoms with Crippen LogP contribution in [0.15, 0.2) is 109 Å². The van der Waals surface area contributed by atoms with Crippen molar-refractivity contribution in [2.75, 3.05) is 75.5 Å². The van der Waals surface area contributed by atoms with Gasteiger partial charge in [-0.3, -0.25) is 0 Å². The van der Waals surface area contributed by atoms with E-state index < -0.39 is 17.9 Å². The average Bonchev–Trinajstić information content (AvgIpc) is 3.21. The fraction of sp³-hybridized carbons (Fsp3) is 0.286. The normalized spacial score (nSPS) is 10.4. The van der Waals surface area contributed by atoms with Gasteiger partial charge in [0.1, 0.15) is 56.9 Å². The highest BCUT2D eigenvalue weighted by atomic mass is 16.6. The Morgan fingerprint density at radius 1 is 0.474 bits per heavy atom. The standard InChI is InChI=1S/C42H48N6O9/c1-28(2)37(49)55-22-19-52-34-16-10-13-31(25-34)46(7)40-43-41(47(8)32-14-11-17-35(26-32)53-20-23-56-38(50)29(3)4)45-42(44-40)48(9)33-15-12-18-36(27-33)54-21-24-57-39(51)30(5)6/h10-18,25-27H,1,3,5,19-24H2,2,4,6-9H3. The van der Waals surface area contributed by atoms with Crippen LogP contribution in [0.3, 0.4) is 0 Å². The Balaban J connectivity index is 1.61. The Labute approximate surface area is 332 Å². The second-order valence-corrected chi connectivity index (χ2v) is 12.7. The number of carbonyl (C=O) groups excluding carboxylic acids is 3. The van der Waals surface area contributed by atoms with Crippen LogP contribution in [0.25, 0.3) is 0 Å². The molecule has 0 aliphatic rings. The first kappa shape index (κ1) is 42.8. The number of rotatable bonds is 21. The summed E-state index contributed by atoms with van der Waals surface area (Å²) >= 11 is 0. The number of ether oxygens (including phenoxy) is 6. The number of hydrogen-bond donors (Lipinski definition) is 0. The van der Waals surface area contributed by atoms with Gasteiger partial charge in [0.2, 0.25) is 17.8 Å². The summed E-state index contributed by atoms with van der Waals surface area (Å²) in [4.78, 5) is 55.2. The number of esters is 3. The van der Waals surface area contributed by atoms with Crippen LogP contribution in [0.1, 0.15) is 20.8 Å². The van der Waals surface area contributed by atoms with Crippen LogP contribution < -0.4 is 28.9 Å². The van der Waals surface area contributed by atoms with E-state index in [1.54, 1.807) is 53.7 Å². The number of hydrogen-bond acceptors (Lipinski definition) is 15. The van der Waals surface area contributed by atoms with Gasteiger partial charge in [0, 0.05) is 73.1 Å². The van der Waals surface area contributed by atoms with E-state index >= 15 is 0 Å². The van der Waals surface area contributed by atoms with Gasteiger partial charge in [-0.15, -0.1) is 0 Å². The van der Waals surface area contributed by atoms with Crippen molar-refractivity contribution in [2.24, 2.45) is 0 Å². The molecule has 300 valence electrons. The lowest BCUT2D eigenvalue weighted by Crippen LogP contribution is -2.22. The monoisotopic (exact) mass is 780 g/mol. The predicted molar refractivity (Wildman–Crippen MR) is 217 cm³/mol. The maximum Gasteiger partial charge on any atom is 0.333 e. The van der Waals surface area contributed by atoms with Crippen LogP contribution in [0.5, 0.6) is 17.2 Å². The Hall–Kier alpha value is -6.90. The smallest absolute Gasteiger partial charge is 0.333 e. The maximum atomic E-state index is 11.7. The molecule has 3 aromatic carbocycles. The van der Waals surface area contributed by atoms with Crippen LogP contribution in [0.4, 0.5) is 34.9 Å². The number of benzene rings is 3.